The standard InChI is InChI=1S/C38H48ClN3O10/c1-47-18-4-15-41-16-21-50-33-13-8-27(22-31(33)41)25-51-34-23-42(38(45)46)24-35(52-26-36(44)40-14-17-43)37(34)28-9-11-29(12-10-28)48-19-5-20-49-32-7-3-2-6-30(32)39/h2-3,6-13,22,34-35,37,43H,4-5,14-21,23-26H2,1H3,(H,40,44)(H,45,46)/t34-,35+,37+/m0/s1. The van der Waals surface area contributed by atoms with Crippen molar-refractivity contribution in [2.24, 2.45) is 0 Å². The quantitative estimate of drug-likeness (QED) is 0.148. The van der Waals surface area contributed by atoms with E-state index in [0.29, 0.717) is 49.4 Å². The van der Waals surface area contributed by atoms with Gasteiger partial charge in [-0.25, -0.2) is 4.79 Å². The number of amides is 2. The van der Waals surface area contributed by atoms with Crippen LogP contribution in [-0.4, -0.2) is 119 Å². The van der Waals surface area contributed by atoms with Gasteiger partial charge in [-0.2, -0.15) is 0 Å². The van der Waals surface area contributed by atoms with Crippen LogP contribution in [0, 0.1) is 0 Å². The number of fused-ring (bicyclic) bond motifs is 1. The molecule has 0 saturated carbocycles. The van der Waals surface area contributed by atoms with Crippen LogP contribution in [0.25, 0.3) is 0 Å². The summed E-state index contributed by atoms with van der Waals surface area (Å²) in [6, 6.07) is 20.8. The van der Waals surface area contributed by atoms with E-state index in [1.807, 2.05) is 54.6 Å². The molecule has 3 aromatic carbocycles. The number of anilines is 1. The van der Waals surface area contributed by atoms with Crippen molar-refractivity contribution in [3.63, 3.8) is 0 Å². The first-order valence-corrected chi connectivity index (χ1v) is 17.9. The fourth-order valence-corrected chi connectivity index (χ4v) is 6.52. The van der Waals surface area contributed by atoms with Gasteiger partial charge in [-0.05, 0) is 53.9 Å². The number of benzene rings is 3. The van der Waals surface area contributed by atoms with Crippen LogP contribution >= 0.6 is 11.6 Å². The Balaban J connectivity index is 1.29. The van der Waals surface area contributed by atoms with Gasteiger partial charge in [-0.15, -0.1) is 0 Å². The van der Waals surface area contributed by atoms with Crippen molar-refractivity contribution >= 4 is 29.3 Å². The molecule has 2 aliphatic rings. The number of nitrogens with zero attached hydrogens (tertiary/aromatic N) is 2. The Bertz CT molecular complexity index is 1580. The first-order chi connectivity index (χ1) is 25.4. The second kappa shape index (κ2) is 20.1. The molecule has 2 aliphatic heterocycles. The van der Waals surface area contributed by atoms with Crippen molar-refractivity contribution in [3.8, 4) is 17.2 Å². The Hall–Kier alpha value is -4.27. The van der Waals surface area contributed by atoms with Gasteiger partial charge in [0, 0.05) is 39.1 Å². The number of methoxy groups -OCH3 is 1. The lowest BCUT2D eigenvalue weighted by Crippen LogP contribution is -2.54. The van der Waals surface area contributed by atoms with E-state index in [4.69, 9.17) is 45.1 Å². The number of carboxylic acid groups (broad SMARTS) is 1. The third kappa shape index (κ3) is 11.1. The van der Waals surface area contributed by atoms with Crippen LogP contribution in [0.5, 0.6) is 17.2 Å². The summed E-state index contributed by atoms with van der Waals surface area (Å²) in [6.45, 7) is 3.68. The number of hydrogen-bond donors (Lipinski definition) is 3. The molecule has 1 saturated heterocycles. The second-order valence-electron chi connectivity index (χ2n) is 12.5. The van der Waals surface area contributed by atoms with E-state index in [2.05, 4.69) is 16.3 Å². The Kier molecular flexibility index (Phi) is 15.1. The molecule has 52 heavy (non-hydrogen) atoms. The number of halogens is 1. The number of para-hydroxylation sites is 1. The average molecular weight is 742 g/mol. The highest BCUT2D eigenvalue weighted by Crippen LogP contribution is 2.36. The Morgan fingerprint density at radius 3 is 2.48 bits per heavy atom. The highest BCUT2D eigenvalue weighted by Gasteiger charge is 2.41. The van der Waals surface area contributed by atoms with E-state index in [1.54, 1.807) is 13.2 Å². The van der Waals surface area contributed by atoms with Gasteiger partial charge in [0.25, 0.3) is 0 Å². The number of nitrogens with one attached hydrogen (secondary N) is 1. The number of carbonyl (C=O) groups excluding carboxylic acids is 1. The van der Waals surface area contributed by atoms with E-state index in [1.165, 1.54) is 4.90 Å². The summed E-state index contributed by atoms with van der Waals surface area (Å²) in [5, 5.41) is 22.3. The van der Waals surface area contributed by atoms with Gasteiger partial charge in [-0.1, -0.05) is 41.9 Å². The predicted octanol–water partition coefficient (Wildman–Crippen LogP) is 4.58. The van der Waals surface area contributed by atoms with Gasteiger partial charge in [0.05, 0.1) is 69.0 Å². The third-order valence-electron chi connectivity index (χ3n) is 8.87. The van der Waals surface area contributed by atoms with Crippen LogP contribution in [0.1, 0.15) is 29.9 Å². The maximum Gasteiger partial charge on any atom is 0.407 e. The number of carbonyl (C=O) groups is 2. The van der Waals surface area contributed by atoms with Gasteiger partial charge < -0.3 is 53.8 Å². The summed E-state index contributed by atoms with van der Waals surface area (Å²) in [5.41, 5.74) is 2.75. The van der Waals surface area contributed by atoms with Crippen LogP contribution in [0.3, 0.4) is 0 Å². The Morgan fingerprint density at radius 1 is 0.962 bits per heavy atom. The highest BCUT2D eigenvalue weighted by molar-refractivity contribution is 6.32. The fraction of sp³-hybridized carbons (Fsp3) is 0.474. The number of aliphatic hydroxyl groups excluding tert-OH is 1. The summed E-state index contributed by atoms with van der Waals surface area (Å²) >= 11 is 6.17. The lowest BCUT2D eigenvalue weighted by Gasteiger charge is -2.42. The summed E-state index contributed by atoms with van der Waals surface area (Å²) in [4.78, 5) is 28.3. The zero-order valence-corrected chi connectivity index (χ0v) is 30.2. The molecule has 0 spiro atoms. The SMILES string of the molecule is COCCCN1CCOc2ccc(CO[C@H]3CN(C(=O)O)C[C@@H](OCC(=O)NCCO)[C@@H]3c3ccc(OCCCOc4ccccc4Cl)cc3)cc21. The van der Waals surface area contributed by atoms with Gasteiger partial charge in [0.15, 0.2) is 0 Å². The van der Waals surface area contributed by atoms with Crippen LogP contribution in [0.2, 0.25) is 5.02 Å². The molecule has 0 aliphatic carbocycles. The lowest BCUT2D eigenvalue weighted by molar-refractivity contribution is -0.133. The normalized spacial score (nSPS) is 18.3. The minimum Gasteiger partial charge on any atom is -0.493 e. The number of aliphatic hydroxyl groups is 1. The fourth-order valence-electron chi connectivity index (χ4n) is 6.33. The minimum atomic E-state index is -1.11. The molecular weight excluding hydrogens is 694 g/mol. The maximum atomic E-state index is 12.4. The summed E-state index contributed by atoms with van der Waals surface area (Å²) in [6.07, 6.45) is -0.881. The second-order valence-corrected chi connectivity index (χ2v) is 12.9. The van der Waals surface area contributed by atoms with Gasteiger partial charge in [0.1, 0.15) is 30.5 Å². The molecule has 13 nitrogen and oxygen atoms in total. The molecule has 0 radical (unpaired) electrons. The molecular formula is C38H48ClN3O10. The molecule has 3 N–H and O–H groups in total. The smallest absolute Gasteiger partial charge is 0.407 e. The molecule has 0 unspecified atom stereocenters. The van der Waals surface area contributed by atoms with Crippen LogP contribution in [-0.2, 0) is 25.6 Å². The molecule has 282 valence electrons. The van der Waals surface area contributed by atoms with Gasteiger partial charge >= 0.3 is 6.09 Å². The predicted molar refractivity (Wildman–Crippen MR) is 195 cm³/mol. The van der Waals surface area contributed by atoms with Crippen LogP contribution < -0.4 is 24.4 Å². The number of hydrogen-bond acceptors (Lipinski definition) is 10. The monoisotopic (exact) mass is 741 g/mol. The molecule has 14 heteroatoms. The van der Waals surface area contributed by atoms with Crippen LogP contribution in [0.15, 0.2) is 66.7 Å². The summed E-state index contributed by atoms with van der Waals surface area (Å²) in [5.74, 6) is 1.28. The molecule has 2 heterocycles. The molecule has 3 aromatic rings. The van der Waals surface area contributed by atoms with Gasteiger partial charge in [-0.3, -0.25) is 4.79 Å². The van der Waals surface area contributed by atoms with Crippen molar-refractivity contribution in [1.82, 2.24) is 10.2 Å². The largest absolute Gasteiger partial charge is 0.493 e. The Labute approximate surface area is 309 Å². The summed E-state index contributed by atoms with van der Waals surface area (Å²) < 4.78 is 35.5. The van der Waals surface area contributed by atoms with E-state index in [0.717, 1.165) is 42.1 Å². The molecule has 5 rings (SSSR count). The Morgan fingerprint density at radius 2 is 1.73 bits per heavy atom. The minimum absolute atomic E-state index is 0.0451. The molecule has 0 bridgehead atoms. The van der Waals surface area contributed by atoms with Crippen LogP contribution in [0.4, 0.5) is 10.5 Å². The van der Waals surface area contributed by atoms with E-state index < -0.39 is 30.1 Å². The zero-order chi connectivity index (χ0) is 36.7. The number of piperidine rings is 1. The van der Waals surface area contributed by atoms with Crippen molar-refractivity contribution in [2.75, 3.05) is 84.4 Å². The van der Waals surface area contributed by atoms with Crippen molar-refractivity contribution in [2.45, 2.75) is 37.6 Å². The van der Waals surface area contributed by atoms with E-state index in [-0.39, 0.29) is 39.5 Å². The number of rotatable bonds is 19. The molecule has 2 amide bonds. The molecule has 0 aromatic heterocycles. The first kappa shape index (κ1) is 38.9. The van der Waals surface area contributed by atoms with Crippen molar-refractivity contribution in [1.29, 1.82) is 0 Å². The highest BCUT2D eigenvalue weighted by atomic mass is 35.5. The topological polar surface area (TPSA) is 148 Å². The lowest BCUT2D eigenvalue weighted by atomic mass is 9.84. The zero-order valence-electron chi connectivity index (χ0n) is 29.4. The van der Waals surface area contributed by atoms with Gasteiger partial charge in [0.2, 0.25) is 5.91 Å². The van der Waals surface area contributed by atoms with E-state index >= 15 is 0 Å². The van der Waals surface area contributed by atoms with E-state index in [9.17, 15) is 14.7 Å². The molecule has 1 fully saturated rings. The van der Waals surface area contributed by atoms with Crippen molar-refractivity contribution < 1.29 is 48.2 Å². The first-order valence-electron chi connectivity index (χ1n) is 17.5. The molecule has 3 atom stereocenters. The maximum absolute atomic E-state index is 12.4. The van der Waals surface area contributed by atoms with Crippen molar-refractivity contribution in [3.05, 3.63) is 82.9 Å². The third-order valence-corrected chi connectivity index (χ3v) is 9.19. The number of likely N-dealkylation sites (tertiary alicyclic amines) is 1. The number of ether oxygens (including phenoxy) is 6. The average Bonchev–Trinajstić information content (AvgIpc) is 3.16. The summed E-state index contributed by atoms with van der Waals surface area (Å²) in [7, 11) is 1.69.